The summed E-state index contributed by atoms with van der Waals surface area (Å²) < 4.78 is 39.2. The Bertz CT molecular complexity index is 437. The molecule has 0 spiro atoms. The topological polar surface area (TPSA) is 16.1 Å². The van der Waals surface area contributed by atoms with Crippen LogP contribution >= 0.6 is 11.8 Å². The maximum atomic E-state index is 13.1. The van der Waals surface area contributed by atoms with Gasteiger partial charge in [-0.15, -0.1) is 0 Å². The summed E-state index contributed by atoms with van der Waals surface area (Å²) in [6, 6.07) is 2.47. The van der Waals surface area contributed by atoms with Crippen LogP contribution in [0.2, 0.25) is 0 Å². The zero-order valence-corrected chi connectivity index (χ0v) is 12.3. The largest absolute Gasteiger partial charge is 0.419 e. The van der Waals surface area contributed by atoms with E-state index in [1.165, 1.54) is 12.3 Å². The van der Waals surface area contributed by atoms with Gasteiger partial charge in [-0.25, -0.2) is 4.98 Å². The van der Waals surface area contributed by atoms with Gasteiger partial charge in [0.1, 0.15) is 5.82 Å². The Hall–Kier alpha value is -0.910. The van der Waals surface area contributed by atoms with Crippen molar-refractivity contribution >= 4 is 17.6 Å². The third-order valence-electron chi connectivity index (χ3n) is 3.42. The molecule has 1 aromatic heterocycles. The van der Waals surface area contributed by atoms with Crippen molar-refractivity contribution in [2.75, 3.05) is 23.7 Å². The smallest absolute Gasteiger partial charge is 0.355 e. The fraction of sp³-hybridized carbons (Fsp3) is 0.643. The molecule has 2 nitrogen and oxygen atoms in total. The molecule has 1 aromatic rings. The first-order valence-corrected chi connectivity index (χ1v) is 7.96. The first kappa shape index (κ1) is 15.5. The number of aromatic nitrogens is 1. The summed E-state index contributed by atoms with van der Waals surface area (Å²) in [6.45, 7) is 3.39. The molecular weight excluding hydrogens is 285 g/mol. The maximum absolute atomic E-state index is 13.1. The average molecular weight is 304 g/mol. The fourth-order valence-electron chi connectivity index (χ4n) is 2.54. The second kappa shape index (κ2) is 6.70. The molecular formula is C14H19F3N2S. The number of rotatable bonds is 3. The number of pyridine rings is 1. The molecule has 2 heterocycles. The molecule has 0 bridgehead atoms. The molecule has 2 rings (SSSR count). The van der Waals surface area contributed by atoms with Crippen molar-refractivity contribution in [2.45, 2.75) is 37.6 Å². The third kappa shape index (κ3) is 3.81. The van der Waals surface area contributed by atoms with Crippen molar-refractivity contribution in [3.05, 3.63) is 23.9 Å². The van der Waals surface area contributed by atoms with E-state index >= 15 is 0 Å². The van der Waals surface area contributed by atoms with Gasteiger partial charge in [0, 0.05) is 24.5 Å². The summed E-state index contributed by atoms with van der Waals surface area (Å²) in [5, 5.41) is 0.394. The van der Waals surface area contributed by atoms with Gasteiger partial charge in [-0.05, 0) is 30.7 Å². The average Bonchev–Trinajstić information content (AvgIpc) is 2.64. The van der Waals surface area contributed by atoms with Crippen molar-refractivity contribution < 1.29 is 13.2 Å². The third-order valence-corrected chi connectivity index (χ3v) is 4.61. The minimum absolute atomic E-state index is 0.0867. The summed E-state index contributed by atoms with van der Waals surface area (Å²) in [5.41, 5.74) is -0.623. The lowest BCUT2D eigenvalue weighted by molar-refractivity contribution is -0.137. The van der Waals surface area contributed by atoms with E-state index in [0.717, 1.165) is 31.1 Å². The Morgan fingerprint density at radius 1 is 1.40 bits per heavy atom. The van der Waals surface area contributed by atoms with Gasteiger partial charge in [-0.2, -0.15) is 24.9 Å². The Kier molecular flexibility index (Phi) is 5.18. The van der Waals surface area contributed by atoms with Gasteiger partial charge in [-0.1, -0.05) is 13.3 Å². The molecule has 1 saturated heterocycles. The van der Waals surface area contributed by atoms with Gasteiger partial charge in [0.25, 0.3) is 0 Å². The van der Waals surface area contributed by atoms with Gasteiger partial charge in [0.15, 0.2) is 0 Å². The Balaban J connectivity index is 2.25. The number of thioether (sulfide) groups is 1. The SMILES string of the molecule is CCSC1CCCCN(c2ncccc2C(F)(F)F)C1. The second-order valence-electron chi connectivity index (χ2n) is 4.89. The molecule has 112 valence electrons. The normalized spacial score (nSPS) is 20.8. The van der Waals surface area contributed by atoms with Crippen LogP contribution in [0.25, 0.3) is 0 Å². The van der Waals surface area contributed by atoms with E-state index in [-0.39, 0.29) is 5.82 Å². The highest BCUT2D eigenvalue weighted by Crippen LogP contribution is 2.36. The van der Waals surface area contributed by atoms with Crippen LogP contribution in [0.4, 0.5) is 19.0 Å². The molecule has 0 aliphatic carbocycles. The summed E-state index contributed by atoms with van der Waals surface area (Å²) in [5.74, 6) is 1.08. The summed E-state index contributed by atoms with van der Waals surface area (Å²) in [6.07, 6.45) is 0.168. The maximum Gasteiger partial charge on any atom is 0.419 e. The molecule has 0 aromatic carbocycles. The molecule has 0 N–H and O–H groups in total. The minimum Gasteiger partial charge on any atom is -0.355 e. The van der Waals surface area contributed by atoms with Gasteiger partial charge in [0.05, 0.1) is 5.56 Å². The number of hydrogen-bond donors (Lipinski definition) is 0. The number of halogens is 3. The number of nitrogens with zero attached hydrogens (tertiary/aromatic N) is 2. The fourth-order valence-corrected chi connectivity index (χ4v) is 3.63. The number of anilines is 1. The van der Waals surface area contributed by atoms with Crippen LogP contribution in [0, 0.1) is 0 Å². The summed E-state index contributed by atoms with van der Waals surface area (Å²) in [7, 11) is 0. The highest BCUT2D eigenvalue weighted by Gasteiger charge is 2.36. The van der Waals surface area contributed by atoms with E-state index in [9.17, 15) is 13.2 Å². The predicted molar refractivity (Wildman–Crippen MR) is 77.2 cm³/mol. The molecule has 6 heteroatoms. The zero-order chi connectivity index (χ0) is 14.6. The summed E-state index contributed by atoms with van der Waals surface area (Å²) in [4.78, 5) is 5.81. The van der Waals surface area contributed by atoms with Gasteiger partial charge in [-0.3, -0.25) is 0 Å². The van der Waals surface area contributed by atoms with E-state index < -0.39 is 11.7 Å². The van der Waals surface area contributed by atoms with Gasteiger partial charge >= 0.3 is 6.18 Å². The monoisotopic (exact) mass is 304 g/mol. The zero-order valence-electron chi connectivity index (χ0n) is 11.5. The molecule has 0 amide bonds. The van der Waals surface area contributed by atoms with Crippen LogP contribution < -0.4 is 4.90 Å². The van der Waals surface area contributed by atoms with Crippen LogP contribution in [0.3, 0.4) is 0 Å². The first-order valence-electron chi connectivity index (χ1n) is 6.91. The molecule has 1 aliphatic heterocycles. The number of hydrogen-bond acceptors (Lipinski definition) is 3. The highest BCUT2D eigenvalue weighted by molar-refractivity contribution is 7.99. The lowest BCUT2D eigenvalue weighted by atomic mass is 10.2. The van der Waals surface area contributed by atoms with E-state index in [4.69, 9.17) is 0 Å². The van der Waals surface area contributed by atoms with E-state index in [1.54, 1.807) is 0 Å². The Labute approximate surface area is 121 Å². The Morgan fingerprint density at radius 2 is 2.20 bits per heavy atom. The highest BCUT2D eigenvalue weighted by atomic mass is 32.2. The minimum atomic E-state index is -4.34. The molecule has 0 saturated carbocycles. The number of alkyl halides is 3. The van der Waals surface area contributed by atoms with Gasteiger partial charge < -0.3 is 4.90 Å². The van der Waals surface area contributed by atoms with E-state index in [2.05, 4.69) is 11.9 Å². The summed E-state index contributed by atoms with van der Waals surface area (Å²) >= 11 is 1.83. The van der Waals surface area contributed by atoms with E-state index in [1.807, 2.05) is 16.7 Å². The standard InChI is InChI=1S/C14H19F3N2S/c1-2-20-11-6-3-4-9-19(10-11)13-12(14(15,16)17)7-5-8-18-13/h5,7-8,11H,2-4,6,9-10H2,1H3. The molecule has 1 atom stereocenters. The lowest BCUT2D eigenvalue weighted by Crippen LogP contribution is -2.32. The molecule has 0 radical (unpaired) electrons. The van der Waals surface area contributed by atoms with Crippen LogP contribution in [0.5, 0.6) is 0 Å². The Morgan fingerprint density at radius 3 is 2.90 bits per heavy atom. The molecule has 20 heavy (non-hydrogen) atoms. The molecule has 1 aliphatic rings. The van der Waals surface area contributed by atoms with Crippen LogP contribution in [0.15, 0.2) is 18.3 Å². The van der Waals surface area contributed by atoms with Crippen molar-refractivity contribution in [3.63, 3.8) is 0 Å². The van der Waals surface area contributed by atoms with Crippen LogP contribution in [0.1, 0.15) is 31.7 Å². The van der Waals surface area contributed by atoms with Crippen molar-refractivity contribution in [2.24, 2.45) is 0 Å². The molecule has 1 unspecified atom stereocenters. The van der Waals surface area contributed by atoms with Gasteiger partial charge in [0.2, 0.25) is 0 Å². The lowest BCUT2D eigenvalue weighted by Gasteiger charge is -2.27. The molecule has 1 fully saturated rings. The quantitative estimate of drug-likeness (QED) is 0.832. The van der Waals surface area contributed by atoms with Crippen LogP contribution in [-0.4, -0.2) is 29.1 Å². The van der Waals surface area contributed by atoms with Crippen molar-refractivity contribution in [3.8, 4) is 0 Å². The van der Waals surface area contributed by atoms with Crippen LogP contribution in [-0.2, 0) is 6.18 Å². The first-order chi connectivity index (χ1) is 9.52. The van der Waals surface area contributed by atoms with Crippen molar-refractivity contribution in [1.82, 2.24) is 4.98 Å². The van der Waals surface area contributed by atoms with E-state index in [0.29, 0.717) is 18.3 Å². The predicted octanol–water partition coefficient (Wildman–Crippen LogP) is 4.21. The van der Waals surface area contributed by atoms with Crippen molar-refractivity contribution in [1.29, 1.82) is 0 Å². The second-order valence-corrected chi connectivity index (χ2v) is 6.47.